The molecule has 0 amide bonds. The number of hydrogen-bond acceptors (Lipinski definition) is 14. The van der Waals surface area contributed by atoms with E-state index >= 15 is 0 Å². The Bertz CT molecular complexity index is 1540. The van der Waals surface area contributed by atoms with Crippen molar-refractivity contribution in [1.29, 1.82) is 5.26 Å². The predicted molar refractivity (Wildman–Crippen MR) is 158 cm³/mol. The summed E-state index contributed by atoms with van der Waals surface area (Å²) >= 11 is 1.43. The van der Waals surface area contributed by atoms with Gasteiger partial charge >= 0.3 is 15.1 Å². The van der Waals surface area contributed by atoms with Crippen molar-refractivity contribution in [2.45, 2.75) is 68.9 Å². The number of rotatable bonds is 6. The number of aryl methyl sites for hydroxylation is 1. The first-order chi connectivity index (χ1) is 20.5. The predicted octanol–water partition coefficient (Wildman–Crippen LogP) is 2.25. The van der Waals surface area contributed by atoms with E-state index in [1.54, 1.807) is 11.8 Å². The van der Waals surface area contributed by atoms with Gasteiger partial charge in [0.2, 0.25) is 23.5 Å². The summed E-state index contributed by atoms with van der Waals surface area (Å²) in [6.07, 6.45) is 1.88. The molecule has 0 aromatic carbocycles. The molecule has 2 aliphatic heterocycles. The maximum atomic E-state index is 14.8. The number of hydrogen-bond donors (Lipinski definition) is 2. The number of fused-ring (bicyclic) bond motifs is 1. The van der Waals surface area contributed by atoms with E-state index in [4.69, 9.17) is 24.4 Å². The lowest BCUT2D eigenvalue weighted by Gasteiger charge is -2.30. The van der Waals surface area contributed by atoms with Crippen LogP contribution in [-0.2, 0) is 16.6 Å². The molecule has 229 valence electrons. The molecule has 13 nitrogen and oxygen atoms in total. The first-order valence-electron chi connectivity index (χ1n) is 14.3. The molecule has 0 saturated carbocycles. The van der Waals surface area contributed by atoms with Crippen LogP contribution in [0, 0.1) is 11.3 Å². The number of aliphatic hydroxyl groups is 1. The maximum Gasteiger partial charge on any atom is 0.308 e. The van der Waals surface area contributed by atoms with Crippen molar-refractivity contribution in [2.75, 3.05) is 50.5 Å². The van der Waals surface area contributed by atoms with Gasteiger partial charge in [0.25, 0.3) is 0 Å². The quantitative estimate of drug-likeness (QED) is 0.381. The van der Waals surface area contributed by atoms with E-state index < -0.39 is 26.2 Å². The number of nitrogens with two attached hydrogens (primary N) is 1. The van der Waals surface area contributed by atoms with E-state index in [-0.39, 0.29) is 42.4 Å². The number of nitriles is 1. The zero-order chi connectivity index (χ0) is 30.5. The van der Waals surface area contributed by atoms with Gasteiger partial charge in [-0.15, -0.1) is 11.3 Å². The Morgan fingerprint density at radius 2 is 2.05 bits per heavy atom. The Kier molecular flexibility index (Phi) is 7.88. The van der Waals surface area contributed by atoms with Gasteiger partial charge in [0.05, 0.1) is 36.4 Å². The summed E-state index contributed by atoms with van der Waals surface area (Å²) in [5.41, 5.74) is 5.29. The number of halogens is 1. The summed E-state index contributed by atoms with van der Waals surface area (Å²) in [6.45, 7) is 7.40. The average Bonchev–Trinajstić information content (AvgIpc) is 3.64. The summed E-state index contributed by atoms with van der Waals surface area (Å²) in [7, 11) is 0.141. The molecule has 3 aromatic rings. The van der Waals surface area contributed by atoms with E-state index in [0.29, 0.717) is 49.0 Å². The van der Waals surface area contributed by atoms with Crippen LogP contribution in [0.1, 0.15) is 55.0 Å². The van der Waals surface area contributed by atoms with E-state index in [0.717, 1.165) is 23.3 Å². The van der Waals surface area contributed by atoms with Crippen LogP contribution in [0.15, 0.2) is 4.52 Å². The first kappa shape index (κ1) is 29.8. The van der Waals surface area contributed by atoms with Gasteiger partial charge < -0.3 is 34.3 Å². The SMILES string of the molecule is CN1CC[C@@H](F)[C@H]1[Si](C)Oc1nc(-c2noc([C@@]3(C)CCCc4sc(N)c(C#N)c43)n2)nc(N2CCOC[C@@](C)(O)C2)n1. The van der Waals surface area contributed by atoms with Crippen molar-refractivity contribution in [3.8, 4) is 23.7 Å². The van der Waals surface area contributed by atoms with Gasteiger partial charge in [-0.25, -0.2) is 4.39 Å². The number of ether oxygens (including phenoxy) is 1. The Morgan fingerprint density at radius 3 is 2.79 bits per heavy atom. The number of β-amino-alcohol motifs (C(OH)–C–C–N with tert-alkyl or cyclic N) is 1. The van der Waals surface area contributed by atoms with Crippen LogP contribution in [0.4, 0.5) is 15.3 Å². The summed E-state index contributed by atoms with van der Waals surface area (Å²) in [4.78, 5) is 23.3. The lowest BCUT2D eigenvalue weighted by molar-refractivity contribution is -0.0123. The summed E-state index contributed by atoms with van der Waals surface area (Å²) in [5, 5.41) is 25.4. The Balaban J connectivity index is 1.38. The highest BCUT2D eigenvalue weighted by Crippen LogP contribution is 2.48. The molecule has 2 fully saturated rings. The monoisotopic (exact) mass is 628 g/mol. The molecule has 43 heavy (non-hydrogen) atoms. The van der Waals surface area contributed by atoms with Crippen LogP contribution in [0.2, 0.25) is 6.55 Å². The van der Waals surface area contributed by atoms with Gasteiger partial charge in [0.1, 0.15) is 22.8 Å². The van der Waals surface area contributed by atoms with Crippen molar-refractivity contribution in [2.24, 2.45) is 0 Å². The van der Waals surface area contributed by atoms with E-state index in [1.807, 2.05) is 25.4 Å². The molecule has 3 N–H and O–H groups in total. The minimum atomic E-state index is -1.75. The molecule has 1 radical (unpaired) electrons. The number of aromatic nitrogens is 5. The third-order valence-electron chi connectivity index (χ3n) is 8.43. The minimum absolute atomic E-state index is 0.0311. The highest BCUT2D eigenvalue weighted by Gasteiger charge is 2.44. The molecule has 0 spiro atoms. The van der Waals surface area contributed by atoms with Crippen LogP contribution in [0.5, 0.6) is 6.01 Å². The van der Waals surface area contributed by atoms with Crippen molar-refractivity contribution >= 4 is 31.3 Å². The largest absolute Gasteiger partial charge is 0.514 e. The van der Waals surface area contributed by atoms with Crippen LogP contribution < -0.4 is 15.1 Å². The fraction of sp³-hybridized carbons (Fsp3) is 0.630. The molecule has 0 unspecified atom stereocenters. The van der Waals surface area contributed by atoms with Crippen molar-refractivity contribution in [3.05, 3.63) is 21.9 Å². The molecule has 5 heterocycles. The first-order valence-corrected chi connectivity index (χ1v) is 17.1. The summed E-state index contributed by atoms with van der Waals surface area (Å²) in [5.74, 6) is 0.840. The zero-order valence-electron chi connectivity index (χ0n) is 24.6. The lowest BCUT2D eigenvalue weighted by atomic mass is 9.72. The molecule has 1 aliphatic carbocycles. The topological polar surface area (TPSA) is 173 Å². The van der Waals surface area contributed by atoms with Gasteiger partial charge in [-0.3, -0.25) is 0 Å². The highest BCUT2D eigenvalue weighted by atomic mass is 32.1. The van der Waals surface area contributed by atoms with E-state index in [2.05, 4.69) is 26.2 Å². The lowest BCUT2D eigenvalue weighted by Crippen LogP contribution is -2.46. The van der Waals surface area contributed by atoms with Gasteiger partial charge in [0.15, 0.2) is 0 Å². The molecular weight excluding hydrogens is 594 g/mol. The normalized spacial score (nSPS) is 28.1. The van der Waals surface area contributed by atoms with E-state index in [1.165, 1.54) is 11.3 Å². The van der Waals surface area contributed by atoms with Crippen LogP contribution >= 0.6 is 11.3 Å². The fourth-order valence-electron chi connectivity index (χ4n) is 6.32. The van der Waals surface area contributed by atoms with Crippen molar-refractivity contribution in [3.63, 3.8) is 0 Å². The van der Waals surface area contributed by atoms with Crippen LogP contribution in [0.25, 0.3) is 11.6 Å². The van der Waals surface area contributed by atoms with Gasteiger partial charge in [0, 0.05) is 23.5 Å². The number of thiophene rings is 1. The standard InChI is InChI=1S/C27H35FN9O4SSi/c1-26(38)13-37(10-11-39-14-26)24-32-20(33-25(34-24)41-43(4)22-16(28)7-9-36(22)3)21-31-23(40-35-21)27(2)8-5-6-17-18(27)15(12-29)19(30)42-17/h16,22,38H,5-11,13-14,30H2,1-4H3/t16-,22-,26+,27+/m1/s1. The number of nitrogens with zero attached hydrogens (tertiary/aromatic N) is 8. The molecule has 2 saturated heterocycles. The smallest absolute Gasteiger partial charge is 0.308 e. The molecule has 4 atom stereocenters. The second-order valence-electron chi connectivity index (χ2n) is 12.0. The van der Waals surface area contributed by atoms with Gasteiger partial charge in [-0.2, -0.15) is 25.2 Å². The summed E-state index contributed by atoms with van der Waals surface area (Å²) < 4.78 is 32.4. The summed E-state index contributed by atoms with van der Waals surface area (Å²) in [6, 6.07) is 2.29. The molecule has 16 heteroatoms. The van der Waals surface area contributed by atoms with Crippen LogP contribution in [0.3, 0.4) is 0 Å². The fourth-order valence-corrected chi connectivity index (χ4v) is 9.44. The molecule has 3 aromatic heterocycles. The Morgan fingerprint density at radius 1 is 1.23 bits per heavy atom. The maximum absolute atomic E-state index is 14.8. The zero-order valence-corrected chi connectivity index (χ0v) is 26.4. The van der Waals surface area contributed by atoms with Gasteiger partial charge in [-0.1, -0.05) is 5.16 Å². The second kappa shape index (κ2) is 11.4. The average molecular weight is 629 g/mol. The molecule has 3 aliphatic rings. The number of nitrogen functional groups attached to an aromatic ring is 1. The number of alkyl halides is 1. The third-order valence-corrected chi connectivity index (χ3v) is 11.6. The minimum Gasteiger partial charge on any atom is -0.514 e. The molecule has 0 bridgehead atoms. The highest BCUT2D eigenvalue weighted by molar-refractivity contribution is 7.16. The van der Waals surface area contributed by atoms with Crippen molar-refractivity contribution < 1.29 is 23.2 Å². The molecular formula is C27H35FN9O4SSi. The Hall–Kier alpha value is -3.23. The molecule has 6 rings (SSSR count). The van der Waals surface area contributed by atoms with E-state index in [9.17, 15) is 14.8 Å². The van der Waals surface area contributed by atoms with Crippen LogP contribution in [-0.4, -0.2) is 101 Å². The number of likely N-dealkylation sites (tertiary alicyclic amines) is 1. The number of anilines is 2. The van der Waals surface area contributed by atoms with Crippen molar-refractivity contribution in [1.82, 2.24) is 30.0 Å². The third kappa shape index (κ3) is 5.60. The van der Waals surface area contributed by atoms with Gasteiger partial charge in [-0.05, 0) is 53.1 Å². The Labute approximate surface area is 254 Å². The second-order valence-corrected chi connectivity index (χ2v) is 15.2.